The van der Waals surface area contributed by atoms with Crippen molar-refractivity contribution in [2.24, 2.45) is 0 Å². The molecular formula is C21H26N4O2S. The molecule has 6 nitrogen and oxygen atoms in total. The van der Waals surface area contributed by atoms with Crippen molar-refractivity contribution >= 4 is 27.5 Å². The fourth-order valence-electron chi connectivity index (χ4n) is 3.49. The number of thiazole rings is 1. The highest BCUT2D eigenvalue weighted by atomic mass is 32.1. The molecule has 2 aromatic heterocycles. The maximum atomic E-state index is 12.5. The van der Waals surface area contributed by atoms with Gasteiger partial charge in [0.15, 0.2) is 0 Å². The number of carbonyl (C=O) groups excluding carboxylic acids is 1. The van der Waals surface area contributed by atoms with Gasteiger partial charge in [-0.05, 0) is 31.2 Å². The van der Waals surface area contributed by atoms with Gasteiger partial charge in [-0.1, -0.05) is 12.1 Å². The molecule has 0 N–H and O–H groups in total. The van der Waals surface area contributed by atoms with Gasteiger partial charge in [0, 0.05) is 33.2 Å². The Morgan fingerprint density at radius 3 is 2.61 bits per heavy atom. The smallest absolute Gasteiger partial charge is 0.236 e. The van der Waals surface area contributed by atoms with Gasteiger partial charge >= 0.3 is 0 Å². The number of hydrogen-bond donors (Lipinski definition) is 0. The number of para-hydroxylation sites is 1. The van der Waals surface area contributed by atoms with Gasteiger partial charge in [-0.3, -0.25) is 14.6 Å². The Hall–Kier alpha value is -2.22. The number of hydrogen-bond acceptors (Lipinski definition) is 6. The molecule has 0 atom stereocenters. The molecule has 3 aromatic rings. The van der Waals surface area contributed by atoms with Crippen molar-refractivity contribution in [2.45, 2.75) is 20.0 Å². The average Bonchev–Trinajstić information content (AvgIpc) is 3.28. The number of amides is 1. The van der Waals surface area contributed by atoms with E-state index in [-0.39, 0.29) is 5.91 Å². The molecule has 1 aliphatic rings. The highest BCUT2D eigenvalue weighted by Crippen LogP contribution is 2.23. The van der Waals surface area contributed by atoms with Gasteiger partial charge < -0.3 is 9.32 Å². The van der Waals surface area contributed by atoms with Crippen LogP contribution in [0.2, 0.25) is 0 Å². The standard InChI is InChI=1S/C21H26N4O2S/c1-16-7-8-17(27-16)13-23(2)21(26)15-25-11-9-24(10-12-25)14-20-22-18-5-3-4-6-19(18)28-20/h3-8H,9-15H2,1-2H3. The van der Waals surface area contributed by atoms with Crippen molar-refractivity contribution in [1.29, 1.82) is 0 Å². The van der Waals surface area contributed by atoms with Crippen LogP contribution in [0.1, 0.15) is 16.5 Å². The Bertz CT molecular complexity index is 910. The third-order valence-electron chi connectivity index (χ3n) is 5.14. The van der Waals surface area contributed by atoms with Crippen molar-refractivity contribution in [1.82, 2.24) is 19.7 Å². The molecule has 1 saturated heterocycles. The van der Waals surface area contributed by atoms with Crippen LogP contribution < -0.4 is 0 Å². The first-order valence-electron chi connectivity index (χ1n) is 9.65. The lowest BCUT2D eigenvalue weighted by Crippen LogP contribution is -2.49. The van der Waals surface area contributed by atoms with E-state index in [4.69, 9.17) is 9.40 Å². The molecule has 0 radical (unpaired) electrons. The number of aromatic nitrogens is 1. The van der Waals surface area contributed by atoms with Gasteiger partial charge in [-0.15, -0.1) is 11.3 Å². The Balaban J connectivity index is 1.24. The number of fused-ring (bicyclic) bond motifs is 1. The van der Waals surface area contributed by atoms with Gasteiger partial charge in [0.1, 0.15) is 16.5 Å². The first kappa shape index (κ1) is 19.1. The zero-order valence-corrected chi connectivity index (χ0v) is 17.2. The highest BCUT2D eigenvalue weighted by molar-refractivity contribution is 7.18. The lowest BCUT2D eigenvalue weighted by Gasteiger charge is -2.34. The molecule has 28 heavy (non-hydrogen) atoms. The fourth-order valence-corrected chi connectivity index (χ4v) is 4.50. The average molecular weight is 399 g/mol. The van der Waals surface area contributed by atoms with Gasteiger partial charge in [-0.2, -0.15) is 0 Å². The van der Waals surface area contributed by atoms with E-state index in [9.17, 15) is 4.79 Å². The summed E-state index contributed by atoms with van der Waals surface area (Å²) in [4.78, 5) is 23.7. The first-order valence-corrected chi connectivity index (χ1v) is 10.5. The van der Waals surface area contributed by atoms with Gasteiger partial charge in [0.25, 0.3) is 0 Å². The summed E-state index contributed by atoms with van der Waals surface area (Å²) in [6, 6.07) is 12.1. The lowest BCUT2D eigenvalue weighted by atomic mass is 10.3. The van der Waals surface area contributed by atoms with Crippen LogP contribution in [0.15, 0.2) is 40.8 Å². The second-order valence-corrected chi connectivity index (χ2v) is 8.50. The van der Waals surface area contributed by atoms with Crippen LogP contribution in [0.25, 0.3) is 10.2 Å². The van der Waals surface area contributed by atoms with E-state index in [0.29, 0.717) is 13.1 Å². The van der Waals surface area contributed by atoms with Crippen LogP contribution in [-0.2, 0) is 17.9 Å². The lowest BCUT2D eigenvalue weighted by molar-refractivity contribution is -0.132. The third-order valence-corrected chi connectivity index (χ3v) is 6.16. The molecule has 0 aliphatic carbocycles. The molecule has 3 heterocycles. The van der Waals surface area contributed by atoms with E-state index in [0.717, 1.165) is 49.8 Å². The molecule has 4 rings (SSSR count). The number of carbonyl (C=O) groups is 1. The van der Waals surface area contributed by atoms with Crippen molar-refractivity contribution in [3.63, 3.8) is 0 Å². The number of aryl methyl sites for hydroxylation is 1. The van der Waals surface area contributed by atoms with Gasteiger partial charge in [0.05, 0.1) is 29.9 Å². The fraction of sp³-hybridized carbons (Fsp3) is 0.429. The topological polar surface area (TPSA) is 52.8 Å². The number of benzene rings is 1. The second kappa shape index (κ2) is 8.43. The van der Waals surface area contributed by atoms with Gasteiger partial charge in [-0.25, -0.2) is 4.98 Å². The second-order valence-electron chi connectivity index (χ2n) is 7.39. The van der Waals surface area contributed by atoms with Crippen LogP contribution in [0.4, 0.5) is 0 Å². The summed E-state index contributed by atoms with van der Waals surface area (Å²) in [6.45, 7) is 7.52. The van der Waals surface area contributed by atoms with Crippen molar-refractivity contribution in [2.75, 3.05) is 39.8 Å². The monoisotopic (exact) mass is 398 g/mol. The Morgan fingerprint density at radius 2 is 1.89 bits per heavy atom. The van der Waals surface area contributed by atoms with E-state index < -0.39 is 0 Å². The van der Waals surface area contributed by atoms with E-state index in [1.165, 1.54) is 9.71 Å². The zero-order chi connectivity index (χ0) is 19.5. The summed E-state index contributed by atoms with van der Waals surface area (Å²) < 4.78 is 6.81. The zero-order valence-electron chi connectivity index (χ0n) is 16.4. The Kier molecular flexibility index (Phi) is 5.75. The number of nitrogens with zero attached hydrogens (tertiary/aromatic N) is 4. The maximum absolute atomic E-state index is 12.5. The molecule has 1 aromatic carbocycles. The number of furan rings is 1. The molecule has 0 spiro atoms. The molecule has 0 unspecified atom stereocenters. The normalized spacial score (nSPS) is 15.9. The summed E-state index contributed by atoms with van der Waals surface area (Å²) in [5, 5.41) is 1.17. The molecule has 1 amide bonds. The molecule has 1 aliphatic heterocycles. The van der Waals surface area contributed by atoms with Crippen LogP contribution in [0.5, 0.6) is 0 Å². The third kappa shape index (κ3) is 4.60. The highest BCUT2D eigenvalue weighted by Gasteiger charge is 2.21. The van der Waals surface area contributed by atoms with E-state index in [2.05, 4.69) is 28.0 Å². The van der Waals surface area contributed by atoms with E-state index >= 15 is 0 Å². The van der Waals surface area contributed by atoms with Crippen molar-refractivity contribution < 1.29 is 9.21 Å². The van der Waals surface area contributed by atoms with Crippen molar-refractivity contribution in [3.05, 3.63) is 52.9 Å². The largest absolute Gasteiger partial charge is 0.464 e. The van der Waals surface area contributed by atoms with Crippen LogP contribution in [0, 0.1) is 6.92 Å². The minimum atomic E-state index is 0.133. The molecule has 7 heteroatoms. The maximum Gasteiger partial charge on any atom is 0.236 e. The van der Waals surface area contributed by atoms with E-state index in [1.54, 1.807) is 16.2 Å². The molecule has 0 saturated carbocycles. The predicted molar refractivity (Wildman–Crippen MR) is 111 cm³/mol. The predicted octanol–water partition coefficient (Wildman–Crippen LogP) is 2.97. The molecule has 148 valence electrons. The van der Waals surface area contributed by atoms with Crippen LogP contribution in [-0.4, -0.2) is 65.4 Å². The van der Waals surface area contributed by atoms with Crippen LogP contribution in [0.3, 0.4) is 0 Å². The summed E-state index contributed by atoms with van der Waals surface area (Å²) in [5.74, 6) is 1.84. The van der Waals surface area contributed by atoms with Gasteiger partial charge in [0.2, 0.25) is 5.91 Å². The quantitative estimate of drug-likeness (QED) is 0.639. The van der Waals surface area contributed by atoms with Crippen molar-refractivity contribution in [3.8, 4) is 0 Å². The first-order chi connectivity index (χ1) is 13.6. The number of likely N-dealkylation sites (N-methyl/N-ethyl adjacent to an activating group) is 1. The summed E-state index contributed by atoms with van der Waals surface area (Å²) >= 11 is 1.77. The minimum Gasteiger partial charge on any atom is -0.464 e. The summed E-state index contributed by atoms with van der Waals surface area (Å²) in [6.07, 6.45) is 0. The minimum absolute atomic E-state index is 0.133. The molecule has 1 fully saturated rings. The summed E-state index contributed by atoms with van der Waals surface area (Å²) in [7, 11) is 1.84. The van der Waals surface area contributed by atoms with Crippen LogP contribution >= 0.6 is 11.3 Å². The Morgan fingerprint density at radius 1 is 1.14 bits per heavy atom. The Labute approximate surface area is 169 Å². The van der Waals surface area contributed by atoms with E-state index in [1.807, 2.05) is 32.2 Å². The number of rotatable bonds is 6. The molecule has 0 bridgehead atoms. The molecular weight excluding hydrogens is 372 g/mol. The SMILES string of the molecule is Cc1ccc(CN(C)C(=O)CN2CCN(Cc3nc4ccccc4s3)CC2)o1. The summed E-state index contributed by atoms with van der Waals surface area (Å²) in [5.41, 5.74) is 1.08. The number of piperazine rings is 1.